The minimum absolute atomic E-state index is 0.389. The Morgan fingerprint density at radius 1 is 1.18 bits per heavy atom. The van der Waals surface area contributed by atoms with Gasteiger partial charge in [0.1, 0.15) is 0 Å². The lowest BCUT2D eigenvalue weighted by Crippen LogP contribution is -2.46. The Balaban J connectivity index is 1.35. The summed E-state index contributed by atoms with van der Waals surface area (Å²) in [5, 5.41) is 0. The van der Waals surface area contributed by atoms with Crippen LogP contribution in [0.3, 0.4) is 0 Å². The maximum Gasteiger partial charge on any atom is 0.0922 e. The molecule has 0 spiro atoms. The van der Waals surface area contributed by atoms with Gasteiger partial charge < -0.3 is 9.72 Å². The standard InChI is InChI=1S/C17H30N4O/c1-14-10-21(11-15(2)22-14)8-5-16-3-6-20(7-4-16)12-17-9-18-13-19-17/h9,13-16H,3-8,10-12H2,1-2H3,(H,18,19). The molecule has 2 aliphatic heterocycles. The Morgan fingerprint density at radius 2 is 1.91 bits per heavy atom. The summed E-state index contributed by atoms with van der Waals surface area (Å²) in [6.45, 7) is 11.3. The summed E-state index contributed by atoms with van der Waals surface area (Å²) < 4.78 is 5.82. The van der Waals surface area contributed by atoms with E-state index in [4.69, 9.17) is 4.74 Å². The highest BCUT2D eigenvalue weighted by molar-refractivity contribution is 4.94. The fourth-order valence-corrected chi connectivity index (χ4v) is 3.88. The SMILES string of the molecule is CC1CN(CCC2CCN(Cc3cnc[nH]3)CC2)CC(C)O1. The van der Waals surface area contributed by atoms with Gasteiger partial charge in [0, 0.05) is 31.5 Å². The number of hydrogen-bond donors (Lipinski definition) is 1. The lowest BCUT2D eigenvalue weighted by Gasteiger charge is -2.37. The molecule has 2 unspecified atom stereocenters. The molecule has 2 aliphatic rings. The van der Waals surface area contributed by atoms with Gasteiger partial charge in [-0.05, 0) is 58.7 Å². The van der Waals surface area contributed by atoms with Gasteiger partial charge >= 0.3 is 0 Å². The molecule has 0 saturated carbocycles. The first kappa shape index (κ1) is 16.0. The van der Waals surface area contributed by atoms with Crippen molar-refractivity contribution in [2.45, 2.75) is 51.9 Å². The number of H-pyrrole nitrogens is 1. The van der Waals surface area contributed by atoms with Crippen LogP contribution in [0, 0.1) is 5.92 Å². The highest BCUT2D eigenvalue weighted by Gasteiger charge is 2.24. The molecule has 2 atom stereocenters. The third-order valence-electron chi connectivity index (χ3n) is 5.00. The van der Waals surface area contributed by atoms with E-state index in [1.54, 1.807) is 6.33 Å². The number of imidazole rings is 1. The van der Waals surface area contributed by atoms with Crippen LogP contribution in [0.5, 0.6) is 0 Å². The van der Waals surface area contributed by atoms with Crippen molar-refractivity contribution in [3.8, 4) is 0 Å². The van der Waals surface area contributed by atoms with Gasteiger partial charge in [-0.1, -0.05) is 0 Å². The lowest BCUT2D eigenvalue weighted by atomic mass is 9.93. The highest BCUT2D eigenvalue weighted by Crippen LogP contribution is 2.22. The maximum absolute atomic E-state index is 5.82. The number of piperidine rings is 1. The van der Waals surface area contributed by atoms with Gasteiger partial charge in [-0.25, -0.2) is 4.98 Å². The predicted molar refractivity (Wildman–Crippen MR) is 87.7 cm³/mol. The highest BCUT2D eigenvalue weighted by atomic mass is 16.5. The molecule has 2 saturated heterocycles. The van der Waals surface area contributed by atoms with Crippen LogP contribution in [-0.2, 0) is 11.3 Å². The number of rotatable bonds is 5. The molecule has 0 radical (unpaired) electrons. The molecular weight excluding hydrogens is 276 g/mol. The summed E-state index contributed by atoms with van der Waals surface area (Å²) in [5.74, 6) is 0.895. The molecule has 0 amide bonds. The number of aromatic nitrogens is 2. The number of hydrogen-bond acceptors (Lipinski definition) is 4. The second-order valence-electron chi connectivity index (χ2n) is 7.10. The summed E-state index contributed by atoms with van der Waals surface area (Å²) in [7, 11) is 0. The van der Waals surface area contributed by atoms with Crippen molar-refractivity contribution in [2.24, 2.45) is 5.92 Å². The van der Waals surface area contributed by atoms with Gasteiger partial charge in [-0.15, -0.1) is 0 Å². The van der Waals surface area contributed by atoms with Crippen molar-refractivity contribution in [1.29, 1.82) is 0 Å². The Kier molecular flexibility index (Phi) is 5.50. The van der Waals surface area contributed by atoms with E-state index in [1.165, 1.54) is 44.6 Å². The Morgan fingerprint density at radius 3 is 2.55 bits per heavy atom. The smallest absolute Gasteiger partial charge is 0.0922 e. The molecule has 1 aromatic heterocycles. The van der Waals surface area contributed by atoms with Gasteiger partial charge in [0.2, 0.25) is 0 Å². The zero-order valence-corrected chi connectivity index (χ0v) is 14.0. The van der Waals surface area contributed by atoms with E-state index < -0.39 is 0 Å². The molecule has 2 fully saturated rings. The van der Waals surface area contributed by atoms with Crippen LogP contribution >= 0.6 is 0 Å². The van der Waals surface area contributed by atoms with Gasteiger partial charge in [0.25, 0.3) is 0 Å². The van der Waals surface area contributed by atoms with Crippen LogP contribution in [0.4, 0.5) is 0 Å². The van der Waals surface area contributed by atoms with Crippen molar-refractivity contribution in [1.82, 2.24) is 19.8 Å². The zero-order chi connectivity index (χ0) is 15.4. The van der Waals surface area contributed by atoms with Crippen LogP contribution in [-0.4, -0.2) is 64.7 Å². The third-order valence-corrected chi connectivity index (χ3v) is 5.00. The molecule has 1 N–H and O–H groups in total. The fraction of sp³-hybridized carbons (Fsp3) is 0.824. The van der Waals surface area contributed by atoms with E-state index in [9.17, 15) is 0 Å². The average Bonchev–Trinajstić information content (AvgIpc) is 2.98. The fourth-order valence-electron chi connectivity index (χ4n) is 3.88. The largest absolute Gasteiger partial charge is 0.373 e. The van der Waals surface area contributed by atoms with Crippen molar-refractivity contribution < 1.29 is 4.74 Å². The molecule has 5 heteroatoms. The summed E-state index contributed by atoms with van der Waals surface area (Å²) in [6.07, 6.45) is 8.50. The van der Waals surface area contributed by atoms with E-state index in [1.807, 2.05) is 6.20 Å². The van der Waals surface area contributed by atoms with Crippen molar-refractivity contribution in [3.05, 3.63) is 18.2 Å². The third kappa shape index (κ3) is 4.54. The lowest BCUT2D eigenvalue weighted by molar-refractivity contribution is -0.0693. The average molecular weight is 306 g/mol. The molecular formula is C17H30N4O. The molecule has 3 heterocycles. The van der Waals surface area contributed by atoms with Gasteiger partial charge in [-0.3, -0.25) is 9.80 Å². The molecule has 0 bridgehead atoms. The van der Waals surface area contributed by atoms with Gasteiger partial charge in [0.05, 0.1) is 18.5 Å². The Labute approximate surface area is 134 Å². The molecule has 0 aliphatic carbocycles. The zero-order valence-electron chi connectivity index (χ0n) is 14.0. The summed E-state index contributed by atoms with van der Waals surface area (Å²) in [4.78, 5) is 12.4. The number of likely N-dealkylation sites (tertiary alicyclic amines) is 1. The van der Waals surface area contributed by atoms with E-state index in [0.717, 1.165) is 25.6 Å². The first-order valence-electron chi connectivity index (χ1n) is 8.76. The van der Waals surface area contributed by atoms with Crippen molar-refractivity contribution in [3.63, 3.8) is 0 Å². The normalized spacial score (nSPS) is 29.0. The Hall–Kier alpha value is -0.910. The van der Waals surface area contributed by atoms with Gasteiger partial charge in [-0.2, -0.15) is 0 Å². The number of nitrogens with one attached hydrogen (secondary N) is 1. The van der Waals surface area contributed by atoms with E-state index in [0.29, 0.717) is 12.2 Å². The topological polar surface area (TPSA) is 44.4 Å². The van der Waals surface area contributed by atoms with Crippen molar-refractivity contribution >= 4 is 0 Å². The molecule has 124 valence electrons. The van der Waals surface area contributed by atoms with Crippen molar-refractivity contribution in [2.75, 3.05) is 32.7 Å². The van der Waals surface area contributed by atoms with E-state index >= 15 is 0 Å². The molecule has 1 aromatic rings. The molecule has 0 aromatic carbocycles. The number of nitrogens with zero attached hydrogens (tertiary/aromatic N) is 3. The first-order chi connectivity index (χ1) is 10.7. The van der Waals surface area contributed by atoms with Crippen LogP contribution in [0.2, 0.25) is 0 Å². The second kappa shape index (κ2) is 7.57. The minimum atomic E-state index is 0.389. The molecule has 22 heavy (non-hydrogen) atoms. The van der Waals surface area contributed by atoms with E-state index in [2.05, 4.69) is 33.6 Å². The summed E-state index contributed by atoms with van der Waals surface area (Å²) >= 11 is 0. The summed E-state index contributed by atoms with van der Waals surface area (Å²) in [5.41, 5.74) is 1.23. The van der Waals surface area contributed by atoms with Crippen LogP contribution in [0.1, 0.15) is 38.8 Å². The number of aromatic amines is 1. The minimum Gasteiger partial charge on any atom is -0.373 e. The van der Waals surface area contributed by atoms with Crippen LogP contribution < -0.4 is 0 Å². The molecule has 3 rings (SSSR count). The number of morpholine rings is 1. The first-order valence-corrected chi connectivity index (χ1v) is 8.76. The number of ether oxygens (including phenoxy) is 1. The Bertz CT molecular complexity index is 418. The van der Waals surface area contributed by atoms with Crippen LogP contribution in [0.15, 0.2) is 12.5 Å². The van der Waals surface area contributed by atoms with Gasteiger partial charge in [0.15, 0.2) is 0 Å². The van der Waals surface area contributed by atoms with Crippen LogP contribution in [0.25, 0.3) is 0 Å². The monoisotopic (exact) mass is 306 g/mol. The molecule has 5 nitrogen and oxygen atoms in total. The summed E-state index contributed by atoms with van der Waals surface area (Å²) in [6, 6.07) is 0. The predicted octanol–water partition coefficient (Wildman–Crippen LogP) is 2.12. The maximum atomic E-state index is 5.82. The second-order valence-corrected chi connectivity index (χ2v) is 7.10. The van der Waals surface area contributed by atoms with E-state index in [-0.39, 0.29) is 0 Å². The quantitative estimate of drug-likeness (QED) is 0.905.